The lowest BCUT2D eigenvalue weighted by Gasteiger charge is -2.35. The minimum atomic E-state index is -3.75. The number of anilines is 2. The number of ether oxygens (including phenoxy) is 3. The molecule has 5 aromatic rings. The summed E-state index contributed by atoms with van der Waals surface area (Å²) in [5, 5.41) is 3.44. The summed E-state index contributed by atoms with van der Waals surface area (Å²) in [7, 11) is 0. The first kappa shape index (κ1) is 42.9. The maximum absolute atomic E-state index is 13.6. The van der Waals surface area contributed by atoms with Crippen LogP contribution in [0, 0.1) is 11.8 Å². The highest BCUT2D eigenvalue weighted by Gasteiger charge is 2.53. The standard InChI is InChI=1S/C46H42ClF2N7O7S/c1-27-5-8-39(53-44(59)45(10-11-45)32-6-7-35-36(23-32)63-46(48,49)62-35)52-41(27)30-4-2-3-28(19-30)25-56(60)17-18-64-26-40(57)54-13-15-55(16-14-54)43(58)37-21-31-20-33(47)24-34(42(31)61-37)29-9-12-51-38(50)22-29/h2-9,12,19-20,22-24,37H,10-11,13-18,21,25-26H2,1H3,(H2-,50,51,52,53,59)/p+1/t37-/m1/s1. The van der Waals surface area contributed by atoms with Crippen LogP contribution in [0.2, 0.25) is 5.02 Å². The number of nitrogens with zero attached hydrogens (tertiary/aromatic N) is 5. The highest BCUT2D eigenvalue weighted by molar-refractivity contribution is 7.99. The van der Waals surface area contributed by atoms with Crippen molar-refractivity contribution in [2.24, 2.45) is 0 Å². The molecule has 1 aliphatic carbocycles. The number of alkyl halides is 2. The molecule has 2 fully saturated rings. The van der Waals surface area contributed by atoms with Crippen molar-refractivity contribution in [3.8, 4) is 39.6 Å². The normalized spacial score (nSPS) is 17.7. The number of carbonyl (C=O) groups is 3. The molecule has 3 N–H and O–H groups in total. The zero-order chi connectivity index (χ0) is 44.8. The van der Waals surface area contributed by atoms with Gasteiger partial charge in [-0.25, -0.2) is 9.97 Å². The van der Waals surface area contributed by atoms with Crippen LogP contribution in [0.15, 0.2) is 85.1 Å². The van der Waals surface area contributed by atoms with Crippen molar-refractivity contribution in [2.45, 2.75) is 50.5 Å². The van der Waals surface area contributed by atoms with E-state index in [1.165, 1.54) is 23.9 Å². The Balaban J connectivity index is 0.723. The Morgan fingerprint density at radius 3 is 2.52 bits per heavy atom. The molecule has 0 spiro atoms. The first-order valence-electron chi connectivity index (χ1n) is 20.8. The number of benzene rings is 3. The number of rotatable bonds is 13. The Morgan fingerprint density at radius 1 is 0.953 bits per heavy atom. The number of carbonyl (C=O) groups excluding carboxylic acids is 3. The molecule has 18 heteroatoms. The lowest BCUT2D eigenvalue weighted by Crippen LogP contribution is -2.53. The topological polar surface area (TPSA) is 169 Å². The van der Waals surface area contributed by atoms with Crippen LogP contribution in [0.5, 0.6) is 17.2 Å². The Hall–Kier alpha value is -6.33. The van der Waals surface area contributed by atoms with E-state index in [2.05, 4.69) is 19.8 Å². The summed E-state index contributed by atoms with van der Waals surface area (Å²) in [6, 6.07) is 22.6. The van der Waals surface area contributed by atoms with Crippen LogP contribution in [-0.2, 0) is 32.8 Å². The van der Waals surface area contributed by atoms with Crippen LogP contribution >= 0.6 is 23.4 Å². The van der Waals surface area contributed by atoms with E-state index in [1.54, 1.807) is 40.3 Å². The van der Waals surface area contributed by atoms with Crippen LogP contribution in [-0.4, -0.2) is 98.9 Å². The van der Waals surface area contributed by atoms with E-state index >= 15 is 0 Å². The van der Waals surface area contributed by atoms with Gasteiger partial charge in [0, 0.05) is 75.7 Å². The van der Waals surface area contributed by atoms with Crippen molar-refractivity contribution in [3.05, 3.63) is 117 Å². The highest BCUT2D eigenvalue weighted by Crippen LogP contribution is 2.52. The number of aromatic nitrogens is 2. The average Bonchev–Trinajstić information content (AvgIpc) is 3.88. The van der Waals surface area contributed by atoms with E-state index in [-0.39, 0.29) is 48.1 Å². The second-order valence-electron chi connectivity index (χ2n) is 16.3. The fraction of sp³-hybridized carbons (Fsp3) is 0.326. The number of amides is 3. The molecule has 2 aromatic heterocycles. The summed E-state index contributed by atoms with van der Waals surface area (Å²) in [6.45, 7) is 3.82. The van der Waals surface area contributed by atoms with Gasteiger partial charge in [0.25, 0.3) is 5.91 Å². The molecule has 1 saturated heterocycles. The van der Waals surface area contributed by atoms with E-state index < -0.39 is 17.8 Å². The molecular formula is C46H43ClF2N7O7S+. The second kappa shape index (κ2) is 17.3. The van der Waals surface area contributed by atoms with Gasteiger partial charge in [-0.05, 0) is 85.0 Å². The van der Waals surface area contributed by atoms with Gasteiger partial charge in [0.2, 0.25) is 24.9 Å². The Labute approximate surface area is 376 Å². The van der Waals surface area contributed by atoms with Gasteiger partial charge < -0.3 is 35.1 Å². The number of nitrogens with two attached hydrogens (primary N) is 1. The van der Waals surface area contributed by atoms with E-state index in [1.807, 2.05) is 49.4 Å². The number of nitrogens with one attached hydrogen (secondary N) is 1. The number of fused-ring (bicyclic) bond motifs is 2. The Kier molecular flexibility index (Phi) is 11.6. The lowest BCUT2D eigenvalue weighted by atomic mass is 9.94. The van der Waals surface area contributed by atoms with Gasteiger partial charge in [0.1, 0.15) is 17.4 Å². The van der Waals surface area contributed by atoms with Crippen molar-refractivity contribution < 1.29 is 42.1 Å². The molecule has 3 aliphatic heterocycles. The van der Waals surface area contributed by atoms with E-state index in [0.717, 1.165) is 38.1 Å². The summed E-state index contributed by atoms with van der Waals surface area (Å²) in [5.41, 5.74) is 11.0. The minimum absolute atomic E-state index is 0.0449. The number of nitroso groups, excluding NO2 is 1. The summed E-state index contributed by atoms with van der Waals surface area (Å²) >= 11 is 7.82. The number of halogens is 3. The van der Waals surface area contributed by atoms with Gasteiger partial charge in [-0.1, -0.05) is 41.9 Å². The molecule has 64 heavy (non-hydrogen) atoms. The van der Waals surface area contributed by atoms with Gasteiger partial charge >= 0.3 is 6.29 Å². The van der Waals surface area contributed by atoms with Gasteiger partial charge in [0.05, 0.1) is 22.6 Å². The van der Waals surface area contributed by atoms with E-state index in [0.29, 0.717) is 84.9 Å². The van der Waals surface area contributed by atoms with Crippen LogP contribution in [0.4, 0.5) is 20.4 Å². The molecule has 9 rings (SSSR count). The molecule has 4 aliphatic rings. The molecule has 14 nitrogen and oxygen atoms in total. The summed E-state index contributed by atoms with van der Waals surface area (Å²) in [6.07, 6.45) is -1.38. The Bertz CT molecular complexity index is 2700. The quantitative estimate of drug-likeness (QED) is 0.0919. The zero-order valence-electron chi connectivity index (χ0n) is 34.7. The van der Waals surface area contributed by atoms with Crippen molar-refractivity contribution in [1.29, 1.82) is 0 Å². The number of hydrogen-bond donors (Lipinski definition) is 2. The maximum Gasteiger partial charge on any atom is 0.586 e. The first-order valence-corrected chi connectivity index (χ1v) is 22.3. The smallest absolute Gasteiger partial charge is 0.479 e. The molecule has 0 radical (unpaired) electrons. The van der Waals surface area contributed by atoms with Gasteiger partial charge in [0.15, 0.2) is 17.6 Å². The highest BCUT2D eigenvalue weighted by atomic mass is 35.5. The molecule has 0 bridgehead atoms. The number of aryl methyl sites for hydroxylation is 1. The van der Waals surface area contributed by atoms with Crippen LogP contribution in [0.3, 0.4) is 0 Å². The monoisotopic (exact) mass is 910 g/mol. The number of nitrogen functional groups attached to an aromatic ring is 1. The predicted octanol–water partition coefficient (Wildman–Crippen LogP) is 7.03. The van der Waals surface area contributed by atoms with Gasteiger partial charge in [-0.15, -0.1) is 20.5 Å². The first-order chi connectivity index (χ1) is 30.7. The molecular weight excluding hydrogens is 868 g/mol. The molecule has 0 unspecified atom stereocenters. The fourth-order valence-corrected chi connectivity index (χ4v) is 9.41. The van der Waals surface area contributed by atoms with Crippen molar-refractivity contribution in [1.82, 2.24) is 19.8 Å². The molecule has 3 amide bonds. The molecule has 3 aromatic carbocycles. The lowest BCUT2D eigenvalue weighted by molar-refractivity contribution is -0.560. The number of hydrogen-bond acceptors (Lipinski definition) is 11. The van der Waals surface area contributed by atoms with Crippen LogP contribution in [0.1, 0.15) is 35.1 Å². The number of thioether (sulfide) groups is 1. The van der Waals surface area contributed by atoms with Crippen LogP contribution in [0.25, 0.3) is 22.4 Å². The SMILES string of the molecule is Cc1ccc(NC(=O)C2(c3ccc4c(c3)OC(F)(F)O4)CC2)nc1-c1cccc(C[N+](=O)CCSCC(=O)N2CCN(C(=O)[C@H]3Cc4cc(Cl)cc(-c5ccnc(N)c5)c4O3)CC2)c1. The molecule has 1 saturated carbocycles. The summed E-state index contributed by atoms with van der Waals surface area (Å²) in [5.74, 6) is 1.29. The zero-order valence-corrected chi connectivity index (χ0v) is 36.2. The fourth-order valence-electron chi connectivity index (χ4n) is 8.33. The van der Waals surface area contributed by atoms with E-state index in [9.17, 15) is 28.1 Å². The average molecular weight is 911 g/mol. The maximum atomic E-state index is 13.6. The molecule has 5 heterocycles. The second-order valence-corrected chi connectivity index (χ2v) is 17.8. The van der Waals surface area contributed by atoms with Gasteiger partial charge in [-0.2, -0.15) is 0 Å². The third-order valence-corrected chi connectivity index (χ3v) is 13.0. The van der Waals surface area contributed by atoms with Crippen molar-refractivity contribution in [3.63, 3.8) is 0 Å². The number of pyridine rings is 2. The predicted molar refractivity (Wildman–Crippen MR) is 236 cm³/mol. The van der Waals surface area contributed by atoms with E-state index in [4.69, 9.17) is 27.1 Å². The summed E-state index contributed by atoms with van der Waals surface area (Å²) < 4.78 is 43.5. The molecule has 1 atom stereocenters. The van der Waals surface area contributed by atoms with Crippen LogP contribution < -0.4 is 25.3 Å². The third-order valence-electron chi connectivity index (χ3n) is 11.9. The largest absolute Gasteiger partial charge is 0.586 e. The molecule has 330 valence electrons. The third kappa shape index (κ3) is 9.04. The Morgan fingerprint density at radius 2 is 1.73 bits per heavy atom. The van der Waals surface area contributed by atoms with Crippen molar-refractivity contribution in [2.75, 3.05) is 55.3 Å². The number of piperazine rings is 1. The van der Waals surface area contributed by atoms with Crippen molar-refractivity contribution >= 4 is 52.7 Å². The van der Waals surface area contributed by atoms with Gasteiger partial charge in [-0.3, -0.25) is 14.4 Å². The minimum Gasteiger partial charge on any atom is -0.479 e. The summed E-state index contributed by atoms with van der Waals surface area (Å²) in [4.78, 5) is 65.5.